The van der Waals surface area contributed by atoms with Crippen LogP contribution in [0.4, 0.5) is 4.39 Å². The summed E-state index contributed by atoms with van der Waals surface area (Å²) in [5, 5.41) is 0. The van der Waals surface area contributed by atoms with E-state index in [9.17, 15) is 14.0 Å². The third-order valence-corrected chi connectivity index (χ3v) is 3.65. The molecule has 1 saturated heterocycles. The van der Waals surface area contributed by atoms with Crippen LogP contribution in [0.2, 0.25) is 0 Å². The number of halogens is 1. The maximum absolute atomic E-state index is 13.2. The third kappa shape index (κ3) is 2.98. The number of methoxy groups -OCH3 is 1. The first-order valence-corrected chi connectivity index (χ1v) is 6.66. The largest absolute Gasteiger partial charge is 0.469 e. The van der Waals surface area contributed by atoms with E-state index in [0.29, 0.717) is 24.2 Å². The molecule has 0 aliphatic carbocycles. The second-order valence-corrected chi connectivity index (χ2v) is 5.08. The van der Waals surface area contributed by atoms with E-state index in [1.807, 2.05) is 0 Å². The monoisotopic (exact) mass is 279 g/mol. The number of aryl methyl sites for hydroxylation is 1. The number of benzene rings is 1. The van der Waals surface area contributed by atoms with E-state index >= 15 is 0 Å². The second-order valence-electron chi connectivity index (χ2n) is 5.08. The Morgan fingerprint density at radius 2 is 2.15 bits per heavy atom. The quantitative estimate of drug-likeness (QED) is 0.779. The first-order valence-electron chi connectivity index (χ1n) is 6.66. The molecule has 0 radical (unpaired) electrons. The van der Waals surface area contributed by atoms with Gasteiger partial charge in [-0.1, -0.05) is 0 Å². The number of hydrogen-bond donors (Lipinski definition) is 0. The van der Waals surface area contributed by atoms with Gasteiger partial charge in [-0.15, -0.1) is 0 Å². The van der Waals surface area contributed by atoms with Crippen LogP contribution in [-0.4, -0.2) is 37.0 Å². The van der Waals surface area contributed by atoms with Crippen molar-refractivity contribution in [3.05, 3.63) is 35.1 Å². The van der Waals surface area contributed by atoms with Crippen molar-refractivity contribution in [1.82, 2.24) is 4.90 Å². The molecular weight excluding hydrogens is 261 g/mol. The lowest BCUT2D eigenvalue weighted by Crippen LogP contribution is -2.42. The fourth-order valence-electron chi connectivity index (χ4n) is 2.48. The van der Waals surface area contributed by atoms with Crippen LogP contribution in [0.25, 0.3) is 0 Å². The molecule has 20 heavy (non-hydrogen) atoms. The zero-order chi connectivity index (χ0) is 14.7. The standard InChI is InChI=1S/C15H18FNO3/c1-10-8-11(5-6-13(10)16)14(18)17-7-3-4-12(9-17)15(19)20-2/h5-6,8,12H,3-4,7,9H2,1-2H3. The number of piperidine rings is 1. The van der Waals surface area contributed by atoms with Gasteiger partial charge in [0.05, 0.1) is 13.0 Å². The van der Waals surface area contributed by atoms with Crippen molar-refractivity contribution in [1.29, 1.82) is 0 Å². The van der Waals surface area contributed by atoms with E-state index in [-0.39, 0.29) is 23.6 Å². The second kappa shape index (κ2) is 6.03. The van der Waals surface area contributed by atoms with Gasteiger partial charge in [0.2, 0.25) is 0 Å². The highest BCUT2D eigenvalue weighted by atomic mass is 19.1. The lowest BCUT2D eigenvalue weighted by molar-refractivity contribution is -0.146. The van der Waals surface area contributed by atoms with Crippen molar-refractivity contribution in [3.8, 4) is 0 Å². The molecule has 4 nitrogen and oxygen atoms in total. The smallest absolute Gasteiger partial charge is 0.310 e. The molecule has 1 amide bonds. The molecule has 0 spiro atoms. The molecule has 0 aromatic heterocycles. The Hall–Kier alpha value is -1.91. The first kappa shape index (κ1) is 14.5. The van der Waals surface area contributed by atoms with Gasteiger partial charge in [0, 0.05) is 18.7 Å². The number of carbonyl (C=O) groups excluding carboxylic acids is 2. The molecule has 1 aromatic carbocycles. The molecule has 1 atom stereocenters. The topological polar surface area (TPSA) is 46.6 Å². The Balaban J connectivity index is 2.12. The number of hydrogen-bond acceptors (Lipinski definition) is 3. The summed E-state index contributed by atoms with van der Waals surface area (Å²) in [4.78, 5) is 25.6. The molecule has 5 heteroatoms. The molecule has 2 rings (SSSR count). The molecule has 1 heterocycles. The minimum absolute atomic E-state index is 0.165. The van der Waals surface area contributed by atoms with Crippen LogP contribution in [0.1, 0.15) is 28.8 Å². The van der Waals surface area contributed by atoms with Crippen molar-refractivity contribution in [3.63, 3.8) is 0 Å². The van der Waals surface area contributed by atoms with E-state index in [1.54, 1.807) is 17.9 Å². The third-order valence-electron chi connectivity index (χ3n) is 3.65. The van der Waals surface area contributed by atoms with E-state index < -0.39 is 0 Å². The lowest BCUT2D eigenvalue weighted by Gasteiger charge is -2.31. The summed E-state index contributed by atoms with van der Waals surface area (Å²) in [7, 11) is 1.35. The molecule has 0 saturated carbocycles. The van der Waals surface area contributed by atoms with Crippen LogP contribution >= 0.6 is 0 Å². The predicted molar refractivity (Wildman–Crippen MR) is 71.8 cm³/mol. The van der Waals surface area contributed by atoms with Crippen LogP contribution < -0.4 is 0 Å². The summed E-state index contributed by atoms with van der Waals surface area (Å²) in [6.45, 7) is 2.60. The number of amides is 1. The van der Waals surface area contributed by atoms with Crippen molar-refractivity contribution in [2.45, 2.75) is 19.8 Å². The van der Waals surface area contributed by atoms with Gasteiger partial charge >= 0.3 is 5.97 Å². The SMILES string of the molecule is COC(=O)C1CCCN(C(=O)c2ccc(F)c(C)c2)C1. The summed E-state index contributed by atoms with van der Waals surface area (Å²) >= 11 is 0. The number of rotatable bonds is 2. The number of likely N-dealkylation sites (tertiary alicyclic amines) is 1. The average Bonchev–Trinajstić information content (AvgIpc) is 2.48. The maximum atomic E-state index is 13.2. The fourth-order valence-corrected chi connectivity index (χ4v) is 2.48. The summed E-state index contributed by atoms with van der Waals surface area (Å²) in [5.74, 6) is -1.04. The lowest BCUT2D eigenvalue weighted by atomic mass is 9.97. The van der Waals surface area contributed by atoms with Gasteiger partial charge in [-0.25, -0.2) is 4.39 Å². The summed E-state index contributed by atoms with van der Waals surface area (Å²) < 4.78 is 18.0. The molecule has 0 N–H and O–H groups in total. The van der Waals surface area contributed by atoms with Crippen LogP contribution in [0.15, 0.2) is 18.2 Å². The summed E-state index contributed by atoms with van der Waals surface area (Å²) in [6, 6.07) is 4.32. The number of ether oxygens (including phenoxy) is 1. The average molecular weight is 279 g/mol. The Labute approximate surface area is 117 Å². The summed E-state index contributed by atoms with van der Waals surface area (Å²) in [5.41, 5.74) is 0.895. The predicted octanol–water partition coefficient (Wildman–Crippen LogP) is 2.16. The highest BCUT2D eigenvalue weighted by Gasteiger charge is 2.29. The molecule has 0 bridgehead atoms. The highest BCUT2D eigenvalue weighted by molar-refractivity contribution is 5.94. The Morgan fingerprint density at radius 3 is 2.80 bits per heavy atom. The van der Waals surface area contributed by atoms with Gasteiger partial charge in [-0.3, -0.25) is 9.59 Å². The van der Waals surface area contributed by atoms with Gasteiger partial charge in [0.15, 0.2) is 0 Å². The molecule has 1 aliphatic rings. The number of esters is 1. The molecule has 1 aromatic rings. The zero-order valence-corrected chi connectivity index (χ0v) is 11.7. The maximum Gasteiger partial charge on any atom is 0.310 e. The van der Waals surface area contributed by atoms with E-state index in [4.69, 9.17) is 4.74 Å². The number of nitrogens with zero attached hydrogens (tertiary/aromatic N) is 1. The Bertz CT molecular complexity index is 530. The molecule has 1 aliphatic heterocycles. The van der Waals surface area contributed by atoms with Crippen molar-refractivity contribution >= 4 is 11.9 Å². The molecular formula is C15H18FNO3. The number of carbonyl (C=O) groups is 2. The van der Waals surface area contributed by atoms with Crippen LogP contribution in [0.5, 0.6) is 0 Å². The summed E-state index contributed by atoms with van der Waals surface area (Å²) in [6.07, 6.45) is 1.50. The van der Waals surface area contributed by atoms with Crippen molar-refractivity contribution in [2.75, 3.05) is 20.2 Å². The van der Waals surface area contributed by atoms with E-state index in [0.717, 1.165) is 12.8 Å². The van der Waals surface area contributed by atoms with Crippen LogP contribution in [-0.2, 0) is 9.53 Å². The minimum atomic E-state index is -0.326. The van der Waals surface area contributed by atoms with Gasteiger partial charge < -0.3 is 9.64 Å². The van der Waals surface area contributed by atoms with Gasteiger partial charge in [-0.2, -0.15) is 0 Å². The minimum Gasteiger partial charge on any atom is -0.469 e. The Morgan fingerprint density at radius 1 is 1.40 bits per heavy atom. The Kier molecular flexibility index (Phi) is 4.37. The van der Waals surface area contributed by atoms with Crippen molar-refractivity contribution in [2.24, 2.45) is 5.92 Å². The van der Waals surface area contributed by atoms with Crippen molar-refractivity contribution < 1.29 is 18.7 Å². The molecule has 108 valence electrons. The van der Waals surface area contributed by atoms with Gasteiger partial charge in [-0.05, 0) is 43.5 Å². The normalized spacial score (nSPS) is 18.8. The van der Waals surface area contributed by atoms with Crippen LogP contribution in [0.3, 0.4) is 0 Å². The first-order chi connectivity index (χ1) is 9.52. The van der Waals surface area contributed by atoms with Gasteiger partial charge in [0.1, 0.15) is 5.82 Å². The van der Waals surface area contributed by atoms with Crippen LogP contribution in [0, 0.1) is 18.7 Å². The fraction of sp³-hybridized carbons (Fsp3) is 0.467. The zero-order valence-electron chi connectivity index (χ0n) is 11.7. The van der Waals surface area contributed by atoms with Gasteiger partial charge in [0.25, 0.3) is 5.91 Å². The van der Waals surface area contributed by atoms with E-state index in [1.165, 1.54) is 19.2 Å². The molecule has 1 unspecified atom stereocenters. The van der Waals surface area contributed by atoms with E-state index in [2.05, 4.69) is 0 Å². The highest BCUT2D eigenvalue weighted by Crippen LogP contribution is 2.20. The molecule has 1 fully saturated rings.